The number of hydrogen-bond donors (Lipinski definition) is 0. The van der Waals surface area contributed by atoms with Crippen molar-refractivity contribution in [1.82, 2.24) is 0 Å². The fourth-order valence-electron chi connectivity index (χ4n) is 0.231. The van der Waals surface area contributed by atoms with E-state index in [-0.39, 0.29) is 0 Å². The Morgan fingerprint density at radius 1 is 1.62 bits per heavy atom. The van der Waals surface area contributed by atoms with Crippen LogP contribution in [0.2, 0.25) is 0 Å². The summed E-state index contributed by atoms with van der Waals surface area (Å²) >= 11 is 0. The molecule has 0 unspecified atom stereocenters. The first kappa shape index (κ1) is 6.93. The number of allylic oxidation sites excluding steroid dienone is 2. The quantitative estimate of drug-likeness (QED) is 0.377. The van der Waals surface area contributed by atoms with E-state index in [1.807, 2.05) is 13.0 Å². The van der Waals surface area contributed by atoms with Gasteiger partial charge in [-0.05, 0) is 13.0 Å². The van der Waals surface area contributed by atoms with Crippen LogP contribution < -0.4 is 0 Å². The van der Waals surface area contributed by atoms with Crippen molar-refractivity contribution >= 4 is 6.21 Å². The Bertz CT molecular complexity index is 136. The van der Waals surface area contributed by atoms with Crippen LogP contribution in [0.1, 0.15) is 6.92 Å². The van der Waals surface area contributed by atoms with E-state index in [1.165, 1.54) is 0 Å². The maximum Gasteiger partial charge on any atom is 0.0344 e. The average molecular weight is 107 g/mol. The number of aliphatic imine (C=N–C) groups is 1. The first-order chi connectivity index (χ1) is 3.91. The topological polar surface area (TPSA) is 12.4 Å². The van der Waals surface area contributed by atoms with Gasteiger partial charge in [0.05, 0.1) is 0 Å². The van der Waals surface area contributed by atoms with Gasteiger partial charge in [-0.3, -0.25) is 4.99 Å². The standard InChI is InChI=1S/C7H9N/c1-3-5-7-8-6-4-2/h4-7H,1H2,2H3/b6-4-,8-7-. The Hall–Kier alpha value is -1.07. The summed E-state index contributed by atoms with van der Waals surface area (Å²) in [5.41, 5.74) is 2.57. The lowest BCUT2D eigenvalue weighted by molar-refractivity contribution is 1.55. The second-order valence-corrected chi connectivity index (χ2v) is 1.15. The molecule has 8 heavy (non-hydrogen) atoms. The average Bonchev–Trinajstić information content (AvgIpc) is 1.81. The molecule has 0 aromatic heterocycles. The summed E-state index contributed by atoms with van der Waals surface area (Å²) in [4.78, 5) is 3.82. The minimum atomic E-state index is 1.63. The maximum absolute atomic E-state index is 3.82. The van der Waals surface area contributed by atoms with Crippen molar-refractivity contribution in [2.45, 2.75) is 6.92 Å². The molecule has 0 saturated carbocycles. The van der Waals surface area contributed by atoms with Gasteiger partial charge in [-0.1, -0.05) is 12.7 Å². The van der Waals surface area contributed by atoms with Gasteiger partial charge in [0.1, 0.15) is 0 Å². The van der Waals surface area contributed by atoms with Crippen molar-refractivity contribution < 1.29 is 0 Å². The Balaban J connectivity index is 3.50. The highest BCUT2D eigenvalue weighted by Crippen LogP contribution is 1.69. The third kappa shape index (κ3) is 4.93. The second-order valence-electron chi connectivity index (χ2n) is 1.15. The third-order valence-corrected chi connectivity index (χ3v) is 0.514. The first-order valence-corrected chi connectivity index (χ1v) is 2.40. The Morgan fingerprint density at radius 3 is 2.88 bits per heavy atom. The molecule has 0 spiro atoms. The summed E-state index contributed by atoms with van der Waals surface area (Å²) in [5, 5.41) is 0. The highest BCUT2D eigenvalue weighted by molar-refractivity contribution is 5.71. The molecule has 0 fully saturated rings. The van der Waals surface area contributed by atoms with Crippen LogP contribution in [-0.4, -0.2) is 6.21 Å². The zero-order valence-corrected chi connectivity index (χ0v) is 4.96. The minimum Gasteiger partial charge on any atom is -0.264 e. The van der Waals surface area contributed by atoms with Crippen molar-refractivity contribution in [2.75, 3.05) is 0 Å². The van der Waals surface area contributed by atoms with E-state index in [0.29, 0.717) is 0 Å². The molecule has 0 N–H and O–H groups in total. The van der Waals surface area contributed by atoms with Gasteiger partial charge in [0.15, 0.2) is 0 Å². The molecule has 0 amide bonds. The molecule has 0 rings (SSSR count). The lowest BCUT2D eigenvalue weighted by Gasteiger charge is -1.67. The molecule has 1 heteroatoms. The fourth-order valence-corrected chi connectivity index (χ4v) is 0.231. The van der Waals surface area contributed by atoms with Crippen LogP contribution in [-0.2, 0) is 0 Å². The largest absolute Gasteiger partial charge is 0.264 e. The van der Waals surface area contributed by atoms with Crippen LogP contribution >= 0.6 is 0 Å². The summed E-state index contributed by atoms with van der Waals surface area (Å²) < 4.78 is 0. The fraction of sp³-hybridized carbons (Fsp3) is 0.143. The number of nitrogens with zero attached hydrogens (tertiary/aromatic N) is 1. The van der Waals surface area contributed by atoms with Crippen LogP contribution in [0, 0.1) is 0 Å². The monoisotopic (exact) mass is 107 g/mol. The predicted molar refractivity (Wildman–Crippen MR) is 37.0 cm³/mol. The molecule has 0 aliphatic rings. The molecule has 0 aliphatic heterocycles. The van der Waals surface area contributed by atoms with Crippen LogP contribution in [0.25, 0.3) is 0 Å². The molecule has 0 aromatic rings. The lowest BCUT2D eigenvalue weighted by atomic mass is 10.6. The lowest BCUT2D eigenvalue weighted by Crippen LogP contribution is -1.55. The van der Waals surface area contributed by atoms with Gasteiger partial charge in [0.2, 0.25) is 0 Å². The Labute approximate surface area is 49.8 Å². The first-order valence-electron chi connectivity index (χ1n) is 2.40. The summed E-state index contributed by atoms with van der Waals surface area (Å²) in [5.74, 6) is 0. The van der Waals surface area contributed by atoms with Gasteiger partial charge in [0.25, 0.3) is 0 Å². The summed E-state index contributed by atoms with van der Waals surface area (Å²) in [7, 11) is 0. The zero-order valence-electron chi connectivity index (χ0n) is 4.96. The van der Waals surface area contributed by atoms with Crippen molar-refractivity contribution in [3.8, 4) is 0 Å². The van der Waals surface area contributed by atoms with Gasteiger partial charge >= 0.3 is 0 Å². The van der Waals surface area contributed by atoms with Crippen molar-refractivity contribution in [3.63, 3.8) is 0 Å². The van der Waals surface area contributed by atoms with Gasteiger partial charge in [-0.2, -0.15) is 0 Å². The van der Waals surface area contributed by atoms with E-state index >= 15 is 0 Å². The molecule has 0 radical (unpaired) electrons. The highest BCUT2D eigenvalue weighted by Gasteiger charge is 1.54. The summed E-state index contributed by atoms with van der Waals surface area (Å²) in [6.07, 6.45) is 6.84. The van der Waals surface area contributed by atoms with E-state index in [0.717, 1.165) is 0 Å². The normalized spacial score (nSPS) is 10.1. The molecule has 0 aromatic carbocycles. The molecule has 0 heterocycles. The molecule has 0 saturated heterocycles. The van der Waals surface area contributed by atoms with E-state index in [4.69, 9.17) is 0 Å². The van der Waals surface area contributed by atoms with Crippen molar-refractivity contribution in [1.29, 1.82) is 0 Å². The Kier molecular flexibility index (Phi) is 5.14. The maximum atomic E-state index is 3.82. The van der Waals surface area contributed by atoms with E-state index in [1.54, 1.807) is 18.5 Å². The van der Waals surface area contributed by atoms with Crippen molar-refractivity contribution in [3.05, 3.63) is 30.7 Å². The molecular formula is C7H9N. The van der Waals surface area contributed by atoms with Gasteiger partial charge in [-0.15, -0.1) is 5.73 Å². The summed E-state index contributed by atoms with van der Waals surface area (Å²) in [6.45, 7) is 5.27. The van der Waals surface area contributed by atoms with Gasteiger partial charge in [-0.25, -0.2) is 0 Å². The third-order valence-electron chi connectivity index (χ3n) is 0.514. The number of hydrogen-bond acceptors (Lipinski definition) is 1. The van der Waals surface area contributed by atoms with Gasteiger partial charge < -0.3 is 0 Å². The van der Waals surface area contributed by atoms with Crippen LogP contribution in [0.4, 0.5) is 0 Å². The molecule has 0 atom stereocenters. The second kappa shape index (κ2) is 5.93. The summed E-state index contributed by atoms with van der Waals surface area (Å²) in [6, 6.07) is 0. The zero-order chi connectivity index (χ0) is 6.24. The van der Waals surface area contributed by atoms with Crippen LogP contribution in [0.3, 0.4) is 0 Å². The number of rotatable bonds is 2. The molecule has 0 aliphatic carbocycles. The van der Waals surface area contributed by atoms with Gasteiger partial charge in [0, 0.05) is 12.4 Å². The SMILES string of the molecule is C=C=C/C=N\C=C/C. The molecule has 0 bridgehead atoms. The molecule has 42 valence electrons. The predicted octanol–water partition coefficient (Wildman–Crippen LogP) is 1.93. The van der Waals surface area contributed by atoms with E-state index in [2.05, 4.69) is 17.3 Å². The van der Waals surface area contributed by atoms with E-state index < -0.39 is 0 Å². The smallest absolute Gasteiger partial charge is 0.0344 e. The molecular weight excluding hydrogens is 98.1 g/mol. The van der Waals surface area contributed by atoms with Crippen LogP contribution in [0.5, 0.6) is 0 Å². The van der Waals surface area contributed by atoms with Crippen molar-refractivity contribution in [2.24, 2.45) is 4.99 Å². The van der Waals surface area contributed by atoms with E-state index in [9.17, 15) is 0 Å². The highest BCUT2D eigenvalue weighted by atomic mass is 14.6. The Morgan fingerprint density at radius 2 is 2.38 bits per heavy atom. The minimum absolute atomic E-state index is 1.63. The molecule has 1 nitrogen and oxygen atoms in total. The van der Waals surface area contributed by atoms with Crippen LogP contribution in [0.15, 0.2) is 35.7 Å².